The van der Waals surface area contributed by atoms with Crippen LogP contribution in [0.2, 0.25) is 0 Å². The Bertz CT molecular complexity index is 670. The molecule has 0 spiro atoms. The summed E-state index contributed by atoms with van der Waals surface area (Å²) in [5, 5.41) is 8.57. The van der Waals surface area contributed by atoms with Crippen molar-refractivity contribution in [1.29, 1.82) is 0 Å². The highest BCUT2D eigenvalue weighted by Gasteiger charge is 2.20. The molecule has 9 heteroatoms. The van der Waals surface area contributed by atoms with Crippen molar-refractivity contribution in [3.63, 3.8) is 0 Å². The third-order valence-corrected chi connectivity index (χ3v) is 4.07. The van der Waals surface area contributed by atoms with Crippen LogP contribution in [0.15, 0.2) is 24.3 Å². The summed E-state index contributed by atoms with van der Waals surface area (Å²) in [6, 6.07) is 6.32. The molecule has 2 N–H and O–H groups in total. The first-order chi connectivity index (χ1) is 11.1. The van der Waals surface area contributed by atoms with Crippen LogP contribution < -0.4 is 9.46 Å². The Morgan fingerprint density at radius 3 is 2.33 bits per heavy atom. The van der Waals surface area contributed by atoms with Crippen LogP contribution in [0.4, 0.5) is 5.69 Å². The minimum absolute atomic E-state index is 0.00602. The fourth-order valence-electron chi connectivity index (χ4n) is 1.75. The molecule has 1 rings (SSSR count). The van der Waals surface area contributed by atoms with Gasteiger partial charge in [0.1, 0.15) is 11.5 Å². The van der Waals surface area contributed by atoms with Crippen molar-refractivity contribution >= 4 is 27.6 Å². The highest BCUT2D eigenvalue weighted by Crippen LogP contribution is 2.18. The Morgan fingerprint density at radius 1 is 1.25 bits per heavy atom. The molecular formula is C15H22N2O6S. The molecule has 0 radical (unpaired) electrons. The summed E-state index contributed by atoms with van der Waals surface area (Å²) in [7, 11) is -2.52. The maximum Gasteiger partial charge on any atom is 0.305 e. The van der Waals surface area contributed by atoms with Crippen LogP contribution >= 0.6 is 0 Å². The zero-order chi connectivity index (χ0) is 18.3. The fourth-order valence-corrected chi connectivity index (χ4v) is 2.86. The predicted octanol–water partition coefficient (Wildman–Crippen LogP) is 1.15. The van der Waals surface area contributed by atoms with Crippen molar-refractivity contribution < 1.29 is 27.9 Å². The quantitative estimate of drug-likeness (QED) is 0.685. The van der Waals surface area contributed by atoms with Gasteiger partial charge in [-0.3, -0.25) is 14.3 Å². The molecule has 134 valence electrons. The second-order valence-corrected chi connectivity index (χ2v) is 7.23. The number of amides is 1. The molecule has 0 atom stereocenters. The Kier molecular flexibility index (Phi) is 7.02. The maximum atomic E-state index is 12.0. The summed E-state index contributed by atoms with van der Waals surface area (Å²) in [6.07, 6.45) is -0.237. The molecule has 0 aliphatic carbocycles. The number of carbonyl (C=O) groups is 2. The summed E-state index contributed by atoms with van der Waals surface area (Å²) < 4.78 is 31.8. The van der Waals surface area contributed by atoms with E-state index in [4.69, 9.17) is 9.84 Å². The first-order valence-electron chi connectivity index (χ1n) is 7.32. The van der Waals surface area contributed by atoms with E-state index in [-0.39, 0.29) is 19.1 Å². The van der Waals surface area contributed by atoms with Gasteiger partial charge in [-0.05, 0) is 38.1 Å². The average molecular weight is 358 g/mol. The number of anilines is 1. The molecule has 0 bridgehead atoms. The van der Waals surface area contributed by atoms with Gasteiger partial charge >= 0.3 is 5.97 Å². The first kappa shape index (κ1) is 19.8. The lowest BCUT2D eigenvalue weighted by atomic mass is 10.3. The van der Waals surface area contributed by atoms with E-state index in [1.807, 2.05) is 13.8 Å². The van der Waals surface area contributed by atoms with Crippen LogP contribution in [0.1, 0.15) is 20.3 Å². The van der Waals surface area contributed by atoms with E-state index in [0.717, 1.165) is 4.90 Å². The maximum absolute atomic E-state index is 12.0. The number of nitrogens with zero attached hydrogens (tertiary/aromatic N) is 1. The largest absolute Gasteiger partial charge is 0.491 e. The van der Waals surface area contributed by atoms with Crippen LogP contribution in [0.3, 0.4) is 0 Å². The SMILES string of the molecule is CC(C)Oc1ccc(NS(=O)(=O)CC(=O)N(C)CCC(=O)O)cc1. The lowest BCUT2D eigenvalue weighted by Gasteiger charge is -2.16. The molecule has 1 aromatic rings. The summed E-state index contributed by atoms with van der Waals surface area (Å²) in [4.78, 5) is 23.4. The Balaban J connectivity index is 2.62. The van der Waals surface area contributed by atoms with E-state index >= 15 is 0 Å². The zero-order valence-electron chi connectivity index (χ0n) is 13.9. The molecule has 0 aliphatic heterocycles. The number of carboxylic acids is 1. The number of aliphatic carboxylic acids is 1. The molecule has 24 heavy (non-hydrogen) atoms. The first-order valence-corrected chi connectivity index (χ1v) is 8.97. The number of ether oxygens (including phenoxy) is 1. The van der Waals surface area contributed by atoms with Gasteiger partial charge in [-0.15, -0.1) is 0 Å². The Labute approximate surface area is 141 Å². The Morgan fingerprint density at radius 2 is 1.83 bits per heavy atom. The fraction of sp³-hybridized carbons (Fsp3) is 0.467. The summed E-state index contributed by atoms with van der Waals surface area (Å²) in [5.41, 5.74) is 0.312. The van der Waals surface area contributed by atoms with Crippen molar-refractivity contribution in [1.82, 2.24) is 4.90 Å². The van der Waals surface area contributed by atoms with Crippen LogP contribution in [-0.2, 0) is 19.6 Å². The third-order valence-electron chi connectivity index (χ3n) is 2.90. The van der Waals surface area contributed by atoms with E-state index in [2.05, 4.69) is 4.72 Å². The number of carboxylic acid groups (broad SMARTS) is 1. The third kappa shape index (κ3) is 7.32. The minimum Gasteiger partial charge on any atom is -0.491 e. The van der Waals surface area contributed by atoms with Gasteiger partial charge in [-0.1, -0.05) is 0 Å². The van der Waals surface area contributed by atoms with E-state index in [1.54, 1.807) is 12.1 Å². The van der Waals surface area contributed by atoms with Crippen LogP contribution in [0.25, 0.3) is 0 Å². The molecule has 0 saturated heterocycles. The molecule has 1 amide bonds. The number of hydrogen-bond donors (Lipinski definition) is 2. The van der Waals surface area contributed by atoms with Crippen molar-refractivity contribution in [3.05, 3.63) is 24.3 Å². The van der Waals surface area contributed by atoms with Crippen molar-refractivity contribution in [2.24, 2.45) is 0 Å². The van der Waals surface area contributed by atoms with E-state index in [1.165, 1.54) is 19.2 Å². The summed E-state index contributed by atoms with van der Waals surface area (Å²) >= 11 is 0. The van der Waals surface area contributed by atoms with Crippen LogP contribution in [-0.4, -0.2) is 55.7 Å². The van der Waals surface area contributed by atoms with Gasteiger partial charge < -0.3 is 14.7 Å². The smallest absolute Gasteiger partial charge is 0.305 e. The lowest BCUT2D eigenvalue weighted by Crippen LogP contribution is -2.35. The molecule has 0 aromatic heterocycles. The van der Waals surface area contributed by atoms with E-state index in [0.29, 0.717) is 11.4 Å². The zero-order valence-corrected chi connectivity index (χ0v) is 14.7. The molecular weight excluding hydrogens is 336 g/mol. The molecule has 0 aliphatic rings. The van der Waals surface area contributed by atoms with Crippen LogP contribution in [0, 0.1) is 0 Å². The molecule has 8 nitrogen and oxygen atoms in total. The number of hydrogen-bond acceptors (Lipinski definition) is 5. The molecule has 0 unspecified atom stereocenters. The number of sulfonamides is 1. The van der Waals surface area contributed by atoms with Crippen LogP contribution in [0.5, 0.6) is 5.75 Å². The monoisotopic (exact) mass is 358 g/mol. The molecule has 1 aromatic carbocycles. The standard InChI is InChI=1S/C15H22N2O6S/c1-11(2)23-13-6-4-12(5-7-13)16-24(21,22)10-14(18)17(3)9-8-15(19)20/h4-7,11,16H,8-10H2,1-3H3,(H,19,20). The van der Waals surface area contributed by atoms with Crippen molar-refractivity contribution in [3.8, 4) is 5.75 Å². The minimum atomic E-state index is -3.88. The van der Waals surface area contributed by atoms with Gasteiger partial charge in [0.05, 0.1) is 12.5 Å². The molecule has 0 heterocycles. The number of benzene rings is 1. The lowest BCUT2D eigenvalue weighted by molar-refractivity contribution is -0.137. The summed E-state index contributed by atoms with van der Waals surface area (Å²) in [5.74, 6) is -1.88. The number of nitrogens with one attached hydrogen (secondary N) is 1. The van der Waals surface area contributed by atoms with Gasteiger partial charge in [0.15, 0.2) is 0 Å². The second kappa shape index (κ2) is 8.53. The van der Waals surface area contributed by atoms with E-state index in [9.17, 15) is 18.0 Å². The van der Waals surface area contributed by atoms with Gasteiger partial charge in [-0.2, -0.15) is 0 Å². The summed E-state index contributed by atoms with van der Waals surface area (Å²) in [6.45, 7) is 3.71. The average Bonchev–Trinajstić information content (AvgIpc) is 2.45. The number of rotatable bonds is 9. The number of carbonyl (C=O) groups excluding carboxylic acids is 1. The highest BCUT2D eigenvalue weighted by atomic mass is 32.2. The van der Waals surface area contributed by atoms with Gasteiger partial charge in [0, 0.05) is 19.3 Å². The van der Waals surface area contributed by atoms with E-state index < -0.39 is 27.7 Å². The second-order valence-electron chi connectivity index (χ2n) is 5.51. The molecule has 0 fully saturated rings. The normalized spacial score (nSPS) is 11.2. The van der Waals surface area contributed by atoms with Crippen molar-refractivity contribution in [2.45, 2.75) is 26.4 Å². The van der Waals surface area contributed by atoms with Gasteiger partial charge in [-0.25, -0.2) is 8.42 Å². The van der Waals surface area contributed by atoms with Gasteiger partial charge in [0.25, 0.3) is 0 Å². The van der Waals surface area contributed by atoms with Crippen molar-refractivity contribution in [2.75, 3.05) is 24.1 Å². The predicted molar refractivity (Wildman–Crippen MR) is 89.5 cm³/mol. The topological polar surface area (TPSA) is 113 Å². The highest BCUT2D eigenvalue weighted by molar-refractivity contribution is 7.93. The Hall–Kier alpha value is -2.29. The van der Waals surface area contributed by atoms with Gasteiger partial charge in [0.2, 0.25) is 15.9 Å². The molecule has 0 saturated carbocycles.